The molecule has 0 aliphatic heterocycles. The molecule has 14 heavy (non-hydrogen) atoms. The van der Waals surface area contributed by atoms with Crippen LogP contribution in [-0.4, -0.2) is 28.9 Å². The van der Waals surface area contributed by atoms with Crippen molar-refractivity contribution in [1.29, 1.82) is 0 Å². The fourth-order valence-electron chi connectivity index (χ4n) is 0.979. The van der Waals surface area contributed by atoms with Crippen molar-refractivity contribution in [1.82, 2.24) is 9.78 Å². The van der Waals surface area contributed by atoms with E-state index in [1.54, 1.807) is 13.8 Å². The zero-order chi connectivity index (χ0) is 11.0. The lowest BCUT2D eigenvalue weighted by molar-refractivity contribution is 0.0573. The summed E-state index contributed by atoms with van der Waals surface area (Å²) < 4.78 is 23.0. The van der Waals surface area contributed by atoms with Crippen molar-refractivity contribution < 1.29 is 13.5 Å². The largest absolute Gasteiger partial charge is 0.389 e. The van der Waals surface area contributed by atoms with Gasteiger partial charge < -0.3 is 5.11 Å². The fourth-order valence-corrected chi connectivity index (χ4v) is 1.45. The highest BCUT2D eigenvalue weighted by molar-refractivity contribution is 7.89. The molecular weight excluding hydrogens is 206 g/mol. The molecule has 0 radical (unpaired) electrons. The molecule has 0 bridgehead atoms. The Balaban J connectivity index is 2.90. The summed E-state index contributed by atoms with van der Waals surface area (Å²) >= 11 is 0. The van der Waals surface area contributed by atoms with Gasteiger partial charge in [-0.1, -0.05) is 0 Å². The van der Waals surface area contributed by atoms with Crippen molar-refractivity contribution >= 4 is 10.0 Å². The molecular formula is C7H13N3O3S. The molecule has 1 aromatic rings. The Morgan fingerprint density at radius 1 is 1.64 bits per heavy atom. The number of primary sulfonamides is 1. The molecule has 0 unspecified atom stereocenters. The summed E-state index contributed by atoms with van der Waals surface area (Å²) in [6.45, 7) is 3.42. The highest BCUT2D eigenvalue weighted by Crippen LogP contribution is 2.07. The van der Waals surface area contributed by atoms with Gasteiger partial charge in [0.15, 0.2) is 5.03 Å². The minimum Gasteiger partial charge on any atom is -0.389 e. The Morgan fingerprint density at radius 3 is 2.57 bits per heavy atom. The SMILES string of the molecule is CC(C)(O)Cn1ccc(S(N)(=O)=O)n1. The molecule has 1 rings (SSSR count). The van der Waals surface area contributed by atoms with Crippen LogP contribution in [0.1, 0.15) is 13.8 Å². The molecule has 0 aromatic carbocycles. The summed E-state index contributed by atoms with van der Waals surface area (Å²) in [5, 5.41) is 17.8. The predicted octanol–water partition coefficient (Wildman–Crippen LogP) is -0.699. The van der Waals surface area contributed by atoms with E-state index in [1.165, 1.54) is 16.9 Å². The Labute approximate surface area is 82.4 Å². The van der Waals surface area contributed by atoms with Gasteiger partial charge in [0.25, 0.3) is 10.0 Å². The zero-order valence-corrected chi connectivity index (χ0v) is 8.82. The highest BCUT2D eigenvalue weighted by Gasteiger charge is 2.16. The van der Waals surface area contributed by atoms with Crippen LogP contribution in [0.5, 0.6) is 0 Å². The van der Waals surface area contributed by atoms with Crippen LogP contribution < -0.4 is 5.14 Å². The lowest BCUT2D eigenvalue weighted by atomic mass is 10.1. The number of nitrogens with zero attached hydrogens (tertiary/aromatic N) is 2. The standard InChI is InChI=1S/C7H13N3O3S/c1-7(2,11)5-10-4-3-6(9-10)14(8,12)13/h3-4,11H,5H2,1-2H3,(H2,8,12,13). The third kappa shape index (κ3) is 3.09. The Bertz CT molecular complexity index is 416. The van der Waals surface area contributed by atoms with E-state index in [0.29, 0.717) is 0 Å². The Kier molecular flexibility index (Phi) is 2.66. The lowest BCUT2D eigenvalue weighted by Gasteiger charge is -2.16. The molecule has 80 valence electrons. The molecule has 1 heterocycles. The monoisotopic (exact) mass is 219 g/mol. The Morgan fingerprint density at radius 2 is 2.21 bits per heavy atom. The van der Waals surface area contributed by atoms with Gasteiger partial charge in [-0.15, -0.1) is 0 Å². The smallest absolute Gasteiger partial charge is 0.257 e. The van der Waals surface area contributed by atoms with Crippen LogP contribution in [0, 0.1) is 0 Å². The van der Waals surface area contributed by atoms with Gasteiger partial charge in [-0.25, -0.2) is 13.6 Å². The van der Waals surface area contributed by atoms with Crippen LogP contribution in [0.25, 0.3) is 0 Å². The molecule has 0 spiro atoms. The topological polar surface area (TPSA) is 98.2 Å². The fraction of sp³-hybridized carbons (Fsp3) is 0.571. The molecule has 0 fully saturated rings. The van der Waals surface area contributed by atoms with Crippen molar-refractivity contribution in [3.8, 4) is 0 Å². The summed E-state index contributed by atoms with van der Waals surface area (Å²) in [6.07, 6.45) is 1.46. The lowest BCUT2D eigenvalue weighted by Crippen LogP contribution is -2.26. The van der Waals surface area contributed by atoms with E-state index in [1.807, 2.05) is 0 Å². The van der Waals surface area contributed by atoms with E-state index in [2.05, 4.69) is 5.10 Å². The van der Waals surface area contributed by atoms with Crippen LogP contribution in [0.3, 0.4) is 0 Å². The predicted molar refractivity (Wildman–Crippen MR) is 49.9 cm³/mol. The summed E-state index contributed by atoms with van der Waals surface area (Å²) in [6, 6.07) is 1.29. The highest BCUT2D eigenvalue weighted by atomic mass is 32.2. The first-order valence-corrected chi connectivity index (χ1v) is 5.52. The summed E-state index contributed by atoms with van der Waals surface area (Å²) in [7, 11) is -3.75. The van der Waals surface area contributed by atoms with E-state index < -0.39 is 15.6 Å². The molecule has 1 aromatic heterocycles. The average Bonchev–Trinajstić information content (AvgIpc) is 2.29. The van der Waals surface area contributed by atoms with Crippen LogP contribution in [0.15, 0.2) is 17.3 Å². The van der Waals surface area contributed by atoms with E-state index in [0.717, 1.165) is 0 Å². The second-order valence-electron chi connectivity index (χ2n) is 3.71. The van der Waals surface area contributed by atoms with Gasteiger partial charge in [-0.05, 0) is 19.9 Å². The van der Waals surface area contributed by atoms with E-state index in [9.17, 15) is 13.5 Å². The van der Waals surface area contributed by atoms with Gasteiger partial charge in [0.1, 0.15) is 0 Å². The quantitative estimate of drug-likeness (QED) is 0.702. The maximum atomic E-state index is 10.9. The van der Waals surface area contributed by atoms with Gasteiger partial charge >= 0.3 is 0 Å². The van der Waals surface area contributed by atoms with Gasteiger partial charge in [0, 0.05) is 6.20 Å². The first kappa shape index (κ1) is 11.2. The summed E-state index contributed by atoms with van der Waals surface area (Å²) in [4.78, 5) is 0. The third-order valence-corrected chi connectivity index (χ3v) is 2.26. The second-order valence-corrected chi connectivity index (χ2v) is 5.22. The van der Waals surface area contributed by atoms with Gasteiger partial charge in [0.05, 0.1) is 12.1 Å². The maximum absolute atomic E-state index is 10.9. The van der Waals surface area contributed by atoms with Gasteiger partial charge in [-0.2, -0.15) is 5.10 Å². The van der Waals surface area contributed by atoms with E-state index >= 15 is 0 Å². The average molecular weight is 219 g/mol. The molecule has 0 saturated heterocycles. The first-order chi connectivity index (χ1) is 6.18. The molecule has 0 saturated carbocycles. The summed E-state index contributed by atoms with van der Waals surface area (Å²) in [5.41, 5.74) is -0.943. The van der Waals surface area contributed by atoms with Crippen LogP contribution >= 0.6 is 0 Å². The van der Waals surface area contributed by atoms with Crippen molar-refractivity contribution in [2.24, 2.45) is 5.14 Å². The van der Waals surface area contributed by atoms with Crippen molar-refractivity contribution in [3.63, 3.8) is 0 Å². The molecule has 0 aliphatic carbocycles. The van der Waals surface area contributed by atoms with Gasteiger partial charge in [0.2, 0.25) is 0 Å². The van der Waals surface area contributed by atoms with Crippen LogP contribution in [0.2, 0.25) is 0 Å². The molecule has 0 amide bonds. The number of nitrogens with two attached hydrogens (primary N) is 1. The number of rotatable bonds is 3. The van der Waals surface area contributed by atoms with E-state index in [4.69, 9.17) is 5.14 Å². The van der Waals surface area contributed by atoms with Crippen LogP contribution in [0.4, 0.5) is 0 Å². The van der Waals surface area contributed by atoms with Crippen molar-refractivity contribution in [2.75, 3.05) is 0 Å². The Hall–Kier alpha value is -0.920. The molecule has 0 aliphatic rings. The van der Waals surface area contributed by atoms with Gasteiger partial charge in [-0.3, -0.25) is 4.68 Å². The molecule has 0 atom stereocenters. The molecule has 7 heteroatoms. The number of aliphatic hydroxyl groups is 1. The van der Waals surface area contributed by atoms with Crippen molar-refractivity contribution in [2.45, 2.75) is 31.0 Å². The minimum absolute atomic E-state index is 0.193. The number of hydrogen-bond donors (Lipinski definition) is 2. The maximum Gasteiger partial charge on any atom is 0.257 e. The molecule has 6 nitrogen and oxygen atoms in total. The number of aromatic nitrogens is 2. The first-order valence-electron chi connectivity index (χ1n) is 3.97. The summed E-state index contributed by atoms with van der Waals surface area (Å²) in [5.74, 6) is 0. The minimum atomic E-state index is -3.75. The van der Waals surface area contributed by atoms with Crippen molar-refractivity contribution in [3.05, 3.63) is 12.3 Å². The van der Waals surface area contributed by atoms with E-state index in [-0.39, 0.29) is 11.6 Å². The zero-order valence-electron chi connectivity index (χ0n) is 8.01. The third-order valence-electron chi connectivity index (χ3n) is 1.46. The number of sulfonamides is 1. The molecule has 3 N–H and O–H groups in total. The van der Waals surface area contributed by atoms with Crippen LogP contribution in [-0.2, 0) is 16.6 Å². The number of hydrogen-bond acceptors (Lipinski definition) is 4. The normalized spacial score (nSPS) is 13.1. The second kappa shape index (κ2) is 3.34.